The van der Waals surface area contributed by atoms with Crippen molar-refractivity contribution in [3.05, 3.63) is 35.4 Å². The van der Waals surface area contributed by atoms with Crippen molar-refractivity contribution in [2.45, 2.75) is 71.8 Å². The van der Waals surface area contributed by atoms with Gasteiger partial charge in [0.2, 0.25) is 0 Å². The van der Waals surface area contributed by atoms with E-state index in [1.807, 2.05) is 0 Å². The maximum Gasteiger partial charge on any atom is 0.00104 e. The molecule has 1 heteroatoms. The van der Waals surface area contributed by atoms with Crippen LogP contribution in [0.3, 0.4) is 0 Å². The van der Waals surface area contributed by atoms with E-state index < -0.39 is 0 Å². The summed E-state index contributed by atoms with van der Waals surface area (Å²) >= 11 is 0. The van der Waals surface area contributed by atoms with E-state index in [0.717, 1.165) is 11.8 Å². The minimum Gasteiger partial charge on any atom is -0.314 e. The van der Waals surface area contributed by atoms with Gasteiger partial charge < -0.3 is 5.32 Å². The van der Waals surface area contributed by atoms with E-state index in [0.29, 0.717) is 6.04 Å². The summed E-state index contributed by atoms with van der Waals surface area (Å²) in [5, 5.41) is 3.70. The van der Waals surface area contributed by atoms with E-state index >= 15 is 0 Å². The lowest BCUT2D eigenvalue weighted by Gasteiger charge is -2.28. The van der Waals surface area contributed by atoms with Crippen LogP contribution in [0.4, 0.5) is 0 Å². The van der Waals surface area contributed by atoms with Gasteiger partial charge in [0.05, 0.1) is 0 Å². The zero-order valence-corrected chi connectivity index (χ0v) is 14.2. The predicted octanol–water partition coefficient (Wildman–Crippen LogP) is 5.12. The van der Waals surface area contributed by atoms with Crippen molar-refractivity contribution in [3.63, 3.8) is 0 Å². The molecule has 1 atom stereocenters. The van der Waals surface area contributed by atoms with Crippen LogP contribution in [-0.2, 0) is 6.42 Å². The molecule has 0 heterocycles. The third kappa shape index (κ3) is 5.82. The van der Waals surface area contributed by atoms with Gasteiger partial charge in [-0.25, -0.2) is 0 Å². The van der Waals surface area contributed by atoms with Crippen LogP contribution in [0.5, 0.6) is 0 Å². The summed E-state index contributed by atoms with van der Waals surface area (Å²) in [6, 6.07) is 9.70. The summed E-state index contributed by atoms with van der Waals surface area (Å²) in [5.74, 6) is 1.71. The molecule has 1 aromatic carbocycles. The Morgan fingerprint density at radius 1 is 1.10 bits per heavy atom. The van der Waals surface area contributed by atoms with Gasteiger partial charge in [-0.15, -0.1) is 0 Å². The Morgan fingerprint density at radius 3 is 2.43 bits per heavy atom. The Hall–Kier alpha value is -0.820. The second kappa shape index (κ2) is 8.58. The van der Waals surface area contributed by atoms with E-state index in [2.05, 4.69) is 50.4 Å². The lowest BCUT2D eigenvalue weighted by atomic mass is 9.81. The van der Waals surface area contributed by atoms with Crippen molar-refractivity contribution in [1.82, 2.24) is 5.32 Å². The topological polar surface area (TPSA) is 12.0 Å². The second-order valence-corrected chi connectivity index (χ2v) is 7.27. The molecule has 1 nitrogen and oxygen atoms in total. The molecule has 0 aromatic heterocycles. The largest absolute Gasteiger partial charge is 0.314 e. The molecule has 21 heavy (non-hydrogen) atoms. The summed E-state index contributed by atoms with van der Waals surface area (Å²) in [5.41, 5.74) is 2.92. The van der Waals surface area contributed by atoms with Crippen molar-refractivity contribution >= 4 is 0 Å². The molecule has 0 aliphatic heterocycles. The van der Waals surface area contributed by atoms with Gasteiger partial charge >= 0.3 is 0 Å². The quantitative estimate of drug-likeness (QED) is 0.716. The van der Waals surface area contributed by atoms with Gasteiger partial charge in [-0.1, -0.05) is 82.2 Å². The second-order valence-electron chi connectivity index (χ2n) is 7.27. The minimum atomic E-state index is 0.593. The summed E-state index contributed by atoms with van der Waals surface area (Å²) < 4.78 is 0. The van der Waals surface area contributed by atoms with Crippen LogP contribution in [0, 0.1) is 18.8 Å². The lowest BCUT2D eigenvalue weighted by Crippen LogP contribution is -2.33. The van der Waals surface area contributed by atoms with Gasteiger partial charge in [0.1, 0.15) is 0 Å². The Labute approximate surface area is 131 Å². The van der Waals surface area contributed by atoms with Crippen LogP contribution < -0.4 is 5.32 Å². The van der Waals surface area contributed by atoms with Gasteiger partial charge in [0.15, 0.2) is 0 Å². The van der Waals surface area contributed by atoms with Crippen molar-refractivity contribution in [3.8, 4) is 0 Å². The highest BCUT2D eigenvalue weighted by molar-refractivity contribution is 5.22. The minimum absolute atomic E-state index is 0.593. The smallest absolute Gasteiger partial charge is 0.00104 e. The lowest BCUT2D eigenvalue weighted by molar-refractivity contribution is 0.278. The molecular weight excluding hydrogens is 254 g/mol. The standard InChI is InChI=1S/C20H33N/c1-16(2)21-15-20(19-11-6-4-5-7-12-19)14-18-10-8-9-17(3)13-18/h8-10,13,16,19-21H,4-7,11-12,14-15H2,1-3H3. The summed E-state index contributed by atoms with van der Waals surface area (Å²) in [6.45, 7) is 7.90. The fraction of sp³-hybridized carbons (Fsp3) is 0.700. The molecule has 1 fully saturated rings. The van der Waals surface area contributed by atoms with Crippen molar-refractivity contribution in [2.75, 3.05) is 6.54 Å². The van der Waals surface area contributed by atoms with Crippen LogP contribution in [-0.4, -0.2) is 12.6 Å². The Kier molecular flexibility index (Phi) is 6.76. The van der Waals surface area contributed by atoms with Crippen LogP contribution in [0.25, 0.3) is 0 Å². The molecule has 0 spiro atoms. The third-order valence-electron chi connectivity index (χ3n) is 4.94. The monoisotopic (exact) mass is 287 g/mol. The fourth-order valence-electron chi connectivity index (χ4n) is 3.72. The molecule has 1 aromatic rings. The normalized spacial score (nSPS) is 18.7. The first-order valence-electron chi connectivity index (χ1n) is 8.94. The number of benzene rings is 1. The molecule has 118 valence electrons. The maximum absolute atomic E-state index is 3.70. The summed E-state index contributed by atoms with van der Waals surface area (Å²) in [4.78, 5) is 0. The van der Waals surface area contributed by atoms with E-state index in [4.69, 9.17) is 0 Å². The van der Waals surface area contributed by atoms with Crippen LogP contribution in [0.2, 0.25) is 0 Å². The average molecular weight is 287 g/mol. The van der Waals surface area contributed by atoms with E-state index in [-0.39, 0.29) is 0 Å². The first kappa shape index (κ1) is 16.5. The molecule has 0 bridgehead atoms. The van der Waals surface area contributed by atoms with Crippen LogP contribution in [0.1, 0.15) is 63.5 Å². The molecular formula is C20H33N. The number of hydrogen-bond acceptors (Lipinski definition) is 1. The van der Waals surface area contributed by atoms with Gasteiger partial charge in [0.25, 0.3) is 0 Å². The summed E-state index contributed by atoms with van der Waals surface area (Å²) in [7, 11) is 0. The van der Waals surface area contributed by atoms with Crippen molar-refractivity contribution in [2.24, 2.45) is 11.8 Å². The highest BCUT2D eigenvalue weighted by Gasteiger charge is 2.23. The summed E-state index contributed by atoms with van der Waals surface area (Å²) in [6.07, 6.45) is 9.91. The molecule has 1 saturated carbocycles. The molecule has 0 radical (unpaired) electrons. The number of hydrogen-bond donors (Lipinski definition) is 1. The molecule has 1 unspecified atom stereocenters. The van der Waals surface area contributed by atoms with Gasteiger partial charge in [-0.05, 0) is 37.3 Å². The van der Waals surface area contributed by atoms with E-state index in [9.17, 15) is 0 Å². The molecule has 0 saturated heterocycles. The fourth-order valence-corrected chi connectivity index (χ4v) is 3.72. The Bertz CT molecular complexity index is 402. The zero-order valence-electron chi connectivity index (χ0n) is 14.2. The first-order chi connectivity index (χ1) is 10.1. The van der Waals surface area contributed by atoms with E-state index in [1.165, 1.54) is 62.6 Å². The highest BCUT2D eigenvalue weighted by atomic mass is 14.9. The molecule has 2 rings (SSSR count). The van der Waals surface area contributed by atoms with Gasteiger partial charge in [-0.3, -0.25) is 0 Å². The maximum atomic E-state index is 3.70. The number of aryl methyl sites for hydroxylation is 1. The van der Waals surface area contributed by atoms with Crippen LogP contribution in [0.15, 0.2) is 24.3 Å². The average Bonchev–Trinajstić information content (AvgIpc) is 2.72. The van der Waals surface area contributed by atoms with Crippen molar-refractivity contribution in [1.29, 1.82) is 0 Å². The Morgan fingerprint density at radius 2 is 1.81 bits per heavy atom. The molecule has 0 amide bonds. The number of rotatable bonds is 6. The highest BCUT2D eigenvalue weighted by Crippen LogP contribution is 2.31. The van der Waals surface area contributed by atoms with Gasteiger partial charge in [0, 0.05) is 6.04 Å². The predicted molar refractivity (Wildman–Crippen MR) is 92.7 cm³/mol. The van der Waals surface area contributed by atoms with Gasteiger partial charge in [-0.2, -0.15) is 0 Å². The van der Waals surface area contributed by atoms with E-state index in [1.54, 1.807) is 0 Å². The Balaban J connectivity index is 2.03. The molecule has 1 aliphatic rings. The van der Waals surface area contributed by atoms with Crippen molar-refractivity contribution < 1.29 is 0 Å². The first-order valence-corrected chi connectivity index (χ1v) is 8.94. The van der Waals surface area contributed by atoms with Crippen LogP contribution >= 0.6 is 0 Å². The number of nitrogens with one attached hydrogen (secondary N) is 1. The SMILES string of the molecule is Cc1cccc(CC(CNC(C)C)C2CCCCCC2)c1. The molecule has 1 aliphatic carbocycles. The third-order valence-corrected chi connectivity index (χ3v) is 4.94. The zero-order chi connectivity index (χ0) is 15.1. The molecule has 1 N–H and O–H groups in total.